The Bertz CT molecular complexity index is 2190. The van der Waals surface area contributed by atoms with Crippen molar-refractivity contribution in [2.75, 3.05) is 31.1 Å². The third kappa shape index (κ3) is 6.79. The van der Waals surface area contributed by atoms with E-state index >= 15 is 0 Å². The number of hydrogen-bond acceptors (Lipinski definition) is 3. The van der Waals surface area contributed by atoms with Gasteiger partial charge in [0.25, 0.3) is 0 Å². The van der Waals surface area contributed by atoms with E-state index in [9.17, 15) is 9.00 Å². The molecule has 4 aromatic carbocycles. The van der Waals surface area contributed by atoms with Crippen molar-refractivity contribution < 1.29 is 79.0 Å². The van der Waals surface area contributed by atoms with Gasteiger partial charge < -0.3 is 4.90 Å². The van der Waals surface area contributed by atoms with E-state index in [0.717, 1.165) is 61.2 Å². The largest absolute Gasteiger partial charge is 0.365 e. The fraction of sp³-hybridized carbons (Fsp3) is 0.256. The maximum absolute atomic E-state index is 14.4. The van der Waals surface area contributed by atoms with Crippen molar-refractivity contribution in [3.05, 3.63) is 148 Å². The molecule has 0 saturated carbocycles. The first kappa shape index (κ1) is 36.9. The van der Waals surface area contributed by atoms with Crippen LogP contribution in [-0.2, 0) is 100 Å². The van der Waals surface area contributed by atoms with Crippen LogP contribution in [0, 0.1) is 18.1 Å². The maximum Gasteiger partial charge on any atom is 0.204 e. The Hall–Kier alpha value is -2.44. The van der Waals surface area contributed by atoms with Gasteiger partial charge in [-0.15, -0.1) is 17.7 Å². The summed E-state index contributed by atoms with van der Waals surface area (Å²) in [5.74, 6) is 0.307. The number of carbonyl (C=O) groups excluding carboxylic acids is 1. The number of ketones is 1. The van der Waals surface area contributed by atoms with Crippen molar-refractivity contribution in [3.63, 3.8) is 0 Å². The van der Waals surface area contributed by atoms with Gasteiger partial charge in [0.2, 0.25) is 5.71 Å². The summed E-state index contributed by atoms with van der Waals surface area (Å²) in [7, 11) is -1.35. The first-order valence-electron chi connectivity index (χ1n) is 17.5. The zero-order valence-electron chi connectivity index (χ0n) is 28.9. The second kappa shape index (κ2) is 15.5. The number of carbonyl (C=O) groups is 1. The first-order valence-corrected chi connectivity index (χ1v) is 18.6. The van der Waals surface area contributed by atoms with E-state index in [2.05, 4.69) is 98.7 Å². The standard InChI is InChI=1S/C43H38N3O2S.2Y/c1-29(47)30-18-22-44(23-19-30)49(48)42-13-7-4-10-39(42)43-37-16-14-35(45-24-20-31-8-2-5-11-40(31)45)27-33(37)26-34-28-36(15-17-38(34)43)46-25-21-32-9-3-6-12-41(32)46;;/h4-17,27-28,30H,18-26H2,1H3;;/q-1;;. The number of Topliss-reactive ketones (excluding diaryl/α,β-unsaturated/α-hetero) is 1. The smallest absolute Gasteiger partial charge is 0.204 e. The van der Waals surface area contributed by atoms with Crippen LogP contribution in [0.5, 0.6) is 0 Å². The van der Waals surface area contributed by atoms with Gasteiger partial charge in [-0.3, -0.25) is 4.79 Å². The Morgan fingerprint density at radius 1 is 0.863 bits per heavy atom. The van der Waals surface area contributed by atoms with Crippen LogP contribution in [0.2, 0.25) is 0 Å². The van der Waals surface area contributed by atoms with Crippen LogP contribution in [0.25, 0.3) is 5.57 Å². The van der Waals surface area contributed by atoms with Crippen molar-refractivity contribution in [1.29, 1.82) is 0 Å². The van der Waals surface area contributed by atoms with Gasteiger partial charge in [-0.25, -0.2) is 13.1 Å². The molecule has 9 rings (SSSR count). The van der Waals surface area contributed by atoms with Crippen molar-refractivity contribution in [2.24, 2.45) is 5.92 Å². The Kier molecular flexibility index (Phi) is 11.2. The van der Waals surface area contributed by atoms with Gasteiger partial charge in [0.05, 0.1) is 4.90 Å². The Labute approximate surface area is 354 Å². The Morgan fingerprint density at radius 3 is 2.47 bits per heavy atom. The number of piperidine rings is 1. The molecule has 1 saturated heterocycles. The molecule has 3 heterocycles. The number of allylic oxidation sites excluding steroid dienone is 5. The molecule has 0 bridgehead atoms. The molecule has 4 aromatic rings. The minimum Gasteiger partial charge on any atom is -0.365 e. The minimum absolute atomic E-state index is 0. The molecule has 1 fully saturated rings. The summed E-state index contributed by atoms with van der Waals surface area (Å²) >= 11 is 0. The molecule has 5 nitrogen and oxygen atoms in total. The van der Waals surface area contributed by atoms with Crippen molar-refractivity contribution >= 4 is 45.1 Å². The molecule has 5 aliphatic rings. The summed E-state index contributed by atoms with van der Waals surface area (Å²) in [5, 5.41) is 0. The van der Waals surface area contributed by atoms with Gasteiger partial charge in [0.1, 0.15) is 29.0 Å². The van der Waals surface area contributed by atoms with E-state index in [1.165, 1.54) is 56.2 Å². The molecule has 1 atom stereocenters. The number of nitrogens with zero attached hydrogens (tertiary/aromatic N) is 3. The first-order chi connectivity index (χ1) is 24.0. The summed E-state index contributed by atoms with van der Waals surface area (Å²) in [4.78, 5) is 15.3. The van der Waals surface area contributed by atoms with Gasteiger partial charge in [-0.2, -0.15) is 36.4 Å². The molecule has 250 valence electrons. The molecule has 8 heteroatoms. The summed E-state index contributed by atoms with van der Waals surface area (Å²) < 4.78 is 18.9. The quantitative estimate of drug-likeness (QED) is 0.155. The topological polar surface area (TPSA) is 43.6 Å². The minimum atomic E-state index is -1.35. The third-order valence-corrected chi connectivity index (χ3v) is 12.5. The zero-order chi connectivity index (χ0) is 33.1. The van der Waals surface area contributed by atoms with Gasteiger partial charge in [-0.1, -0.05) is 41.9 Å². The van der Waals surface area contributed by atoms with Crippen LogP contribution >= 0.6 is 0 Å². The van der Waals surface area contributed by atoms with Crippen LogP contribution in [0.3, 0.4) is 0 Å². The van der Waals surface area contributed by atoms with Crippen molar-refractivity contribution in [1.82, 2.24) is 4.31 Å². The average molecular weight is 839 g/mol. The molecule has 1 unspecified atom stereocenters. The number of benzene rings is 4. The fourth-order valence-corrected chi connectivity index (χ4v) is 9.77. The molecule has 51 heavy (non-hydrogen) atoms. The van der Waals surface area contributed by atoms with Crippen molar-refractivity contribution in [2.45, 2.75) is 43.9 Å². The number of fused-ring (bicyclic) bond motifs is 4. The van der Waals surface area contributed by atoms with E-state index in [0.29, 0.717) is 13.1 Å². The molecule has 0 spiro atoms. The van der Waals surface area contributed by atoms with E-state index < -0.39 is 11.0 Å². The number of hydrogen-bond donors (Lipinski definition) is 0. The summed E-state index contributed by atoms with van der Waals surface area (Å²) in [6, 6.07) is 34.3. The van der Waals surface area contributed by atoms with Crippen molar-refractivity contribution in [3.8, 4) is 0 Å². The molecule has 0 aromatic heterocycles. The second-order valence-corrected chi connectivity index (χ2v) is 15.2. The van der Waals surface area contributed by atoms with E-state index in [1.807, 2.05) is 24.3 Å². The second-order valence-electron chi connectivity index (χ2n) is 13.7. The van der Waals surface area contributed by atoms with Gasteiger partial charge in [0.15, 0.2) is 0 Å². The average Bonchev–Trinajstić information content (AvgIpc) is 3.78. The maximum atomic E-state index is 14.4. The SMILES string of the molecule is CC(=O)C1CCN(S(=O)c2ccccc2C2=C3C=CC(=[N+]4CCc5c[c-]ccc54)C=C3Cc3cc(N4CCc5c[c-]ccc54)ccc32)CC1.[Y].[Y]. The molecular weight excluding hydrogens is 800 g/mol. The third-order valence-electron chi connectivity index (χ3n) is 11.0. The monoisotopic (exact) mass is 838 g/mol. The Morgan fingerprint density at radius 2 is 1.65 bits per heavy atom. The van der Waals surface area contributed by atoms with Crippen LogP contribution in [0.4, 0.5) is 17.1 Å². The van der Waals surface area contributed by atoms with E-state index in [-0.39, 0.29) is 77.1 Å². The number of rotatable bonds is 5. The predicted molar refractivity (Wildman–Crippen MR) is 196 cm³/mol. The van der Waals surface area contributed by atoms with Gasteiger partial charge in [0, 0.05) is 114 Å². The molecule has 2 aliphatic carbocycles. The summed E-state index contributed by atoms with van der Waals surface area (Å²) in [5.41, 5.74) is 14.8. The van der Waals surface area contributed by atoms with E-state index in [1.54, 1.807) is 6.92 Å². The molecule has 0 amide bonds. The molecule has 3 aliphatic heterocycles. The molecule has 2 radical (unpaired) electrons. The normalized spacial score (nSPS) is 20.0. The zero-order valence-corrected chi connectivity index (χ0v) is 35.4. The summed E-state index contributed by atoms with van der Waals surface area (Å²) in [6.45, 7) is 4.91. The van der Waals surface area contributed by atoms with Gasteiger partial charge >= 0.3 is 0 Å². The Balaban J connectivity index is 0.00000203. The predicted octanol–water partition coefficient (Wildman–Crippen LogP) is 7.50. The molecule has 0 N–H and O–H groups in total. The van der Waals surface area contributed by atoms with Crippen LogP contribution in [0.1, 0.15) is 47.6 Å². The summed E-state index contributed by atoms with van der Waals surface area (Å²) in [6.07, 6.45) is 11.3. The van der Waals surface area contributed by atoms with Gasteiger partial charge in [-0.05, 0) is 84.7 Å². The fourth-order valence-electron chi connectivity index (χ4n) is 8.39. The van der Waals surface area contributed by atoms with Crippen LogP contribution in [-0.4, -0.2) is 50.8 Å². The number of anilines is 2. The van der Waals surface area contributed by atoms with E-state index in [4.69, 9.17) is 0 Å². The van der Waals surface area contributed by atoms with Crippen LogP contribution < -0.4 is 4.90 Å². The molecular formula is C43H38N3O2SY2-. The van der Waals surface area contributed by atoms with Crippen LogP contribution in [0.15, 0.2) is 113 Å².